The van der Waals surface area contributed by atoms with E-state index >= 15 is 0 Å². The average Bonchev–Trinajstić information content (AvgIpc) is 3.09. The lowest BCUT2D eigenvalue weighted by atomic mass is 10.2. The summed E-state index contributed by atoms with van der Waals surface area (Å²) >= 11 is 2.33. The van der Waals surface area contributed by atoms with Crippen LogP contribution in [-0.4, -0.2) is 24.7 Å². The monoisotopic (exact) mass is 484 g/mol. The summed E-state index contributed by atoms with van der Waals surface area (Å²) in [6.07, 6.45) is 1.46. The van der Waals surface area contributed by atoms with Crippen molar-refractivity contribution in [1.82, 2.24) is 24.7 Å². The third-order valence-electron chi connectivity index (χ3n) is 3.89. The Morgan fingerprint density at radius 1 is 0.929 bits per heavy atom. The molecule has 0 atom stereocenters. The summed E-state index contributed by atoms with van der Waals surface area (Å²) in [6.45, 7) is 0. The number of nitrogens with zero attached hydrogens (tertiary/aromatic N) is 5. The van der Waals surface area contributed by atoms with Gasteiger partial charge in [0.2, 0.25) is 11.9 Å². The van der Waals surface area contributed by atoms with Crippen LogP contribution < -0.4 is 16.4 Å². The molecule has 0 radical (unpaired) electrons. The summed E-state index contributed by atoms with van der Waals surface area (Å²) in [7, 11) is 0. The molecular weight excluding hydrogens is 467 g/mol. The first-order valence-corrected chi connectivity index (χ1v) is 10.0. The molecule has 0 saturated carbocycles. The fourth-order valence-corrected chi connectivity index (χ4v) is 3.08. The van der Waals surface area contributed by atoms with Gasteiger partial charge in [-0.05, 0) is 29.8 Å². The van der Waals surface area contributed by atoms with Crippen LogP contribution in [0.1, 0.15) is 5.56 Å². The van der Waals surface area contributed by atoms with Crippen LogP contribution in [0.4, 0.5) is 29.1 Å². The second kappa shape index (κ2) is 8.21. The Morgan fingerprint density at radius 3 is 2.57 bits per heavy atom. The lowest BCUT2D eigenvalue weighted by Gasteiger charge is -2.07. The molecule has 0 spiro atoms. The van der Waals surface area contributed by atoms with Crippen molar-refractivity contribution in [1.29, 1.82) is 0 Å². The molecule has 28 heavy (non-hydrogen) atoms. The first kappa shape index (κ1) is 18.2. The van der Waals surface area contributed by atoms with Crippen LogP contribution in [0.15, 0.2) is 67.0 Å². The summed E-state index contributed by atoms with van der Waals surface area (Å²) in [6, 6.07) is 19.6. The molecule has 0 unspecified atom stereocenters. The van der Waals surface area contributed by atoms with Gasteiger partial charge >= 0.3 is 0 Å². The van der Waals surface area contributed by atoms with Crippen LogP contribution in [-0.2, 0) is 4.43 Å². The molecule has 4 aromatic rings. The molecule has 2 heterocycles. The van der Waals surface area contributed by atoms with Gasteiger partial charge in [-0.1, -0.05) is 52.9 Å². The Bertz CT molecular complexity index is 1080. The maximum atomic E-state index is 6.05. The van der Waals surface area contributed by atoms with Crippen LogP contribution in [0, 0.1) is 0 Å². The van der Waals surface area contributed by atoms with E-state index in [2.05, 4.69) is 65.4 Å². The van der Waals surface area contributed by atoms with Gasteiger partial charge in [0.05, 0.1) is 0 Å². The van der Waals surface area contributed by atoms with E-state index in [-0.39, 0.29) is 5.95 Å². The molecule has 0 amide bonds. The molecule has 0 fully saturated rings. The number of hydrogen-bond donors (Lipinski definition) is 3. The summed E-state index contributed by atoms with van der Waals surface area (Å²) < 4.78 is 2.40. The van der Waals surface area contributed by atoms with Gasteiger partial charge in [0.15, 0.2) is 5.82 Å². The topological polar surface area (TPSA) is 107 Å². The van der Waals surface area contributed by atoms with Crippen LogP contribution in [0.25, 0.3) is 5.82 Å². The highest BCUT2D eigenvalue weighted by molar-refractivity contribution is 14.1. The van der Waals surface area contributed by atoms with Crippen molar-refractivity contribution < 1.29 is 0 Å². The van der Waals surface area contributed by atoms with Crippen molar-refractivity contribution >= 4 is 51.7 Å². The fourth-order valence-electron chi connectivity index (χ4n) is 2.61. The minimum atomic E-state index is 0.233. The molecule has 0 bridgehead atoms. The first-order chi connectivity index (χ1) is 13.7. The zero-order valence-corrected chi connectivity index (χ0v) is 16.9. The van der Waals surface area contributed by atoms with Gasteiger partial charge in [0.25, 0.3) is 0 Å². The molecule has 9 heteroatoms. The molecule has 0 aliphatic rings. The van der Waals surface area contributed by atoms with Crippen molar-refractivity contribution in [3.05, 3.63) is 72.6 Å². The van der Waals surface area contributed by atoms with Crippen LogP contribution in [0.3, 0.4) is 0 Å². The number of alkyl halides is 1. The smallest absolute Gasteiger partial charge is 0.248 e. The van der Waals surface area contributed by atoms with Gasteiger partial charge < -0.3 is 16.4 Å². The number of nitrogens with two attached hydrogens (primary N) is 1. The Balaban J connectivity index is 1.57. The summed E-state index contributed by atoms with van der Waals surface area (Å²) in [5, 5.41) is 10.8. The highest BCUT2D eigenvalue weighted by Gasteiger charge is 2.11. The minimum absolute atomic E-state index is 0.233. The third-order valence-corrected chi connectivity index (χ3v) is 4.77. The second-order valence-corrected chi connectivity index (χ2v) is 6.68. The molecule has 0 saturated heterocycles. The lowest BCUT2D eigenvalue weighted by molar-refractivity contribution is 0.852. The normalized spacial score (nSPS) is 10.6. The van der Waals surface area contributed by atoms with E-state index in [4.69, 9.17) is 5.73 Å². The maximum absolute atomic E-state index is 6.05. The van der Waals surface area contributed by atoms with Crippen molar-refractivity contribution in [3.63, 3.8) is 0 Å². The number of hydrogen-bond acceptors (Lipinski definition) is 7. The molecule has 140 valence electrons. The van der Waals surface area contributed by atoms with Gasteiger partial charge in [-0.2, -0.15) is 9.67 Å². The molecular formula is C19H17IN8. The van der Waals surface area contributed by atoms with E-state index < -0.39 is 0 Å². The number of halogens is 1. The van der Waals surface area contributed by atoms with E-state index in [1.807, 2.05) is 42.5 Å². The van der Waals surface area contributed by atoms with Crippen LogP contribution in [0.5, 0.6) is 0 Å². The number of nitrogens with one attached hydrogen (secondary N) is 2. The lowest BCUT2D eigenvalue weighted by Crippen LogP contribution is -2.06. The molecule has 0 aliphatic carbocycles. The van der Waals surface area contributed by atoms with Crippen molar-refractivity contribution in [2.45, 2.75) is 4.43 Å². The molecule has 8 nitrogen and oxygen atoms in total. The average molecular weight is 484 g/mol. The van der Waals surface area contributed by atoms with E-state index in [1.54, 1.807) is 6.07 Å². The van der Waals surface area contributed by atoms with Crippen LogP contribution >= 0.6 is 22.6 Å². The number of rotatable bonds is 6. The zero-order valence-electron chi connectivity index (χ0n) is 14.7. The summed E-state index contributed by atoms with van der Waals surface area (Å²) in [5.74, 6) is 1.79. The van der Waals surface area contributed by atoms with Crippen LogP contribution in [0.2, 0.25) is 0 Å². The Kier molecular flexibility index (Phi) is 5.33. The van der Waals surface area contributed by atoms with Gasteiger partial charge in [-0.15, -0.1) is 5.10 Å². The molecule has 2 aromatic heterocycles. The predicted octanol–water partition coefficient (Wildman–Crippen LogP) is 4.06. The third kappa shape index (κ3) is 4.19. The van der Waals surface area contributed by atoms with Gasteiger partial charge in [0.1, 0.15) is 12.1 Å². The van der Waals surface area contributed by atoms with Crippen molar-refractivity contribution in [2.75, 3.05) is 16.4 Å². The van der Waals surface area contributed by atoms with Crippen molar-refractivity contribution in [2.24, 2.45) is 0 Å². The quantitative estimate of drug-likeness (QED) is 0.280. The van der Waals surface area contributed by atoms with Gasteiger partial charge in [0, 0.05) is 21.9 Å². The Hall–Kier alpha value is -3.21. The van der Waals surface area contributed by atoms with E-state index in [1.165, 1.54) is 16.6 Å². The van der Waals surface area contributed by atoms with E-state index in [0.29, 0.717) is 17.6 Å². The maximum Gasteiger partial charge on any atom is 0.248 e. The van der Waals surface area contributed by atoms with Gasteiger partial charge in [-0.25, -0.2) is 9.97 Å². The van der Waals surface area contributed by atoms with E-state index in [9.17, 15) is 0 Å². The summed E-state index contributed by atoms with van der Waals surface area (Å²) in [4.78, 5) is 12.8. The Morgan fingerprint density at radius 2 is 1.75 bits per heavy atom. The number of nitrogen functional groups attached to an aromatic ring is 1. The Labute approximate surface area is 175 Å². The number of aromatic nitrogens is 5. The molecule has 0 aliphatic heterocycles. The predicted molar refractivity (Wildman–Crippen MR) is 119 cm³/mol. The highest BCUT2D eigenvalue weighted by atomic mass is 127. The molecule has 2 aromatic carbocycles. The van der Waals surface area contributed by atoms with Crippen molar-refractivity contribution in [3.8, 4) is 5.82 Å². The fraction of sp³-hybridized carbons (Fsp3) is 0.0526. The first-order valence-electron chi connectivity index (χ1n) is 8.50. The molecule has 4 rings (SSSR count). The minimum Gasteiger partial charge on any atom is -0.368 e. The van der Waals surface area contributed by atoms with E-state index in [0.717, 1.165) is 15.8 Å². The zero-order chi connectivity index (χ0) is 19.3. The SMILES string of the molecule is Nc1nc(Nc2cccc(CI)c2)nn1-c1cc(Nc2ccccc2)ncn1. The summed E-state index contributed by atoms with van der Waals surface area (Å²) in [5.41, 5.74) is 9.10. The standard InChI is InChI=1S/C19H17IN8/c20-11-13-5-4-8-15(9-13)25-19-26-18(21)28(27-19)17-10-16(22-12-23-17)24-14-6-2-1-3-7-14/h1-10,12H,11H2,(H,22,23,24)(H3,21,25,26,27). The molecule has 4 N–H and O–H groups in total. The largest absolute Gasteiger partial charge is 0.368 e. The number of anilines is 5. The number of para-hydroxylation sites is 1. The number of benzene rings is 2. The van der Waals surface area contributed by atoms with Gasteiger partial charge in [-0.3, -0.25) is 0 Å². The highest BCUT2D eigenvalue weighted by Crippen LogP contribution is 2.20. The second-order valence-electron chi connectivity index (χ2n) is 5.92.